The molecule has 0 spiro atoms. The summed E-state index contributed by atoms with van der Waals surface area (Å²) < 4.78 is 11.0. The molecule has 3 rings (SSSR count). The molecule has 0 unspecified atom stereocenters. The van der Waals surface area contributed by atoms with Crippen LogP contribution in [0.4, 0.5) is 0 Å². The fourth-order valence-electron chi connectivity index (χ4n) is 2.63. The molecule has 0 saturated carbocycles. The quantitative estimate of drug-likeness (QED) is 0.676. The molecule has 0 bridgehead atoms. The second-order valence-corrected chi connectivity index (χ2v) is 5.50. The van der Waals surface area contributed by atoms with Crippen LogP contribution in [0.3, 0.4) is 0 Å². The molecule has 4 heteroatoms. The van der Waals surface area contributed by atoms with Gasteiger partial charge in [-0.2, -0.15) is 0 Å². The molecule has 0 atom stereocenters. The largest absolute Gasteiger partial charge is 0.504 e. The molecule has 3 aromatic carbocycles. The Labute approximate surface area is 146 Å². The van der Waals surface area contributed by atoms with E-state index in [2.05, 4.69) is 0 Å². The van der Waals surface area contributed by atoms with Crippen LogP contribution in [0, 0.1) is 0 Å². The van der Waals surface area contributed by atoms with Crippen molar-refractivity contribution < 1.29 is 19.4 Å². The Bertz CT molecular complexity index is 872. The van der Waals surface area contributed by atoms with Crippen molar-refractivity contribution in [1.29, 1.82) is 0 Å². The van der Waals surface area contributed by atoms with E-state index in [0.717, 1.165) is 17.4 Å². The lowest BCUT2D eigenvalue weighted by Gasteiger charge is -2.14. The Morgan fingerprint density at radius 2 is 1.64 bits per heavy atom. The first-order valence-corrected chi connectivity index (χ1v) is 7.85. The lowest BCUT2D eigenvalue weighted by molar-refractivity contribution is 0.112. The van der Waals surface area contributed by atoms with Gasteiger partial charge in [-0.1, -0.05) is 48.5 Å². The topological polar surface area (TPSA) is 55.8 Å². The number of aldehydes is 1. The summed E-state index contributed by atoms with van der Waals surface area (Å²) in [6.45, 7) is 0.413. The van der Waals surface area contributed by atoms with E-state index in [4.69, 9.17) is 9.47 Å². The standard InChI is InChI=1S/C21H18O4/c1-24-21-11-16(13-22)18(12-19(21)23)17-9-5-6-10-20(17)25-14-15-7-3-2-4-8-15/h2-13,23H,14H2,1H3. The van der Waals surface area contributed by atoms with Gasteiger partial charge in [0.1, 0.15) is 12.4 Å². The first-order valence-electron chi connectivity index (χ1n) is 7.85. The Balaban J connectivity index is 1.98. The third-order valence-corrected chi connectivity index (χ3v) is 3.89. The first-order chi connectivity index (χ1) is 12.2. The van der Waals surface area contributed by atoms with E-state index >= 15 is 0 Å². The lowest BCUT2D eigenvalue weighted by atomic mass is 9.98. The van der Waals surface area contributed by atoms with Gasteiger partial charge in [-0.15, -0.1) is 0 Å². The number of benzene rings is 3. The second-order valence-electron chi connectivity index (χ2n) is 5.50. The van der Waals surface area contributed by atoms with Crippen LogP contribution in [0.15, 0.2) is 66.7 Å². The van der Waals surface area contributed by atoms with Crippen molar-refractivity contribution in [2.75, 3.05) is 7.11 Å². The van der Waals surface area contributed by atoms with Gasteiger partial charge in [0.05, 0.1) is 7.11 Å². The van der Waals surface area contributed by atoms with E-state index in [9.17, 15) is 9.90 Å². The van der Waals surface area contributed by atoms with Crippen molar-refractivity contribution in [3.05, 3.63) is 77.9 Å². The minimum Gasteiger partial charge on any atom is -0.504 e. The molecule has 1 N–H and O–H groups in total. The van der Waals surface area contributed by atoms with Gasteiger partial charge >= 0.3 is 0 Å². The van der Waals surface area contributed by atoms with Crippen LogP contribution in [-0.4, -0.2) is 18.5 Å². The molecule has 0 aromatic heterocycles. The van der Waals surface area contributed by atoms with E-state index in [1.807, 2.05) is 54.6 Å². The number of para-hydroxylation sites is 1. The average molecular weight is 334 g/mol. The zero-order chi connectivity index (χ0) is 17.6. The highest BCUT2D eigenvalue weighted by Gasteiger charge is 2.14. The maximum Gasteiger partial charge on any atom is 0.161 e. The minimum absolute atomic E-state index is 0.0269. The molecule has 0 amide bonds. The number of carbonyl (C=O) groups is 1. The summed E-state index contributed by atoms with van der Waals surface area (Å²) >= 11 is 0. The number of phenolic OH excluding ortho intramolecular Hbond substituents is 1. The van der Waals surface area contributed by atoms with E-state index < -0.39 is 0 Å². The third-order valence-electron chi connectivity index (χ3n) is 3.89. The monoisotopic (exact) mass is 334 g/mol. The van der Waals surface area contributed by atoms with Gasteiger partial charge in [0.25, 0.3) is 0 Å². The van der Waals surface area contributed by atoms with E-state index in [1.165, 1.54) is 19.2 Å². The summed E-state index contributed by atoms with van der Waals surface area (Å²) in [6, 6.07) is 20.3. The predicted octanol–water partition coefficient (Wildman–Crippen LogP) is 4.46. The summed E-state index contributed by atoms with van der Waals surface area (Å²) in [7, 11) is 1.44. The number of ether oxygens (including phenoxy) is 2. The molecular formula is C21H18O4. The van der Waals surface area contributed by atoms with Crippen molar-refractivity contribution in [1.82, 2.24) is 0 Å². The molecular weight excluding hydrogens is 316 g/mol. The van der Waals surface area contributed by atoms with Crippen LogP contribution < -0.4 is 9.47 Å². The average Bonchev–Trinajstić information content (AvgIpc) is 2.67. The summed E-state index contributed by atoms with van der Waals surface area (Å²) in [5, 5.41) is 10.1. The van der Waals surface area contributed by atoms with Gasteiger partial charge in [-0.3, -0.25) is 4.79 Å². The Kier molecular flexibility index (Phi) is 5.00. The summed E-state index contributed by atoms with van der Waals surface area (Å²) in [6.07, 6.45) is 0.741. The smallest absolute Gasteiger partial charge is 0.161 e. The van der Waals surface area contributed by atoms with Crippen molar-refractivity contribution in [3.8, 4) is 28.4 Å². The first kappa shape index (κ1) is 16.6. The van der Waals surface area contributed by atoms with Gasteiger partial charge in [0.15, 0.2) is 17.8 Å². The lowest BCUT2D eigenvalue weighted by Crippen LogP contribution is -1.98. The van der Waals surface area contributed by atoms with Crippen LogP contribution in [0.5, 0.6) is 17.2 Å². The summed E-state index contributed by atoms with van der Waals surface area (Å²) in [5.41, 5.74) is 2.80. The van der Waals surface area contributed by atoms with Crippen molar-refractivity contribution >= 4 is 6.29 Å². The number of phenols is 1. The number of hydrogen-bond donors (Lipinski definition) is 1. The Morgan fingerprint density at radius 3 is 2.36 bits per heavy atom. The van der Waals surface area contributed by atoms with Gasteiger partial charge in [-0.25, -0.2) is 0 Å². The highest BCUT2D eigenvalue weighted by molar-refractivity contribution is 5.91. The minimum atomic E-state index is -0.0269. The van der Waals surface area contributed by atoms with E-state index in [-0.39, 0.29) is 11.5 Å². The number of hydrogen-bond acceptors (Lipinski definition) is 4. The highest BCUT2D eigenvalue weighted by atomic mass is 16.5. The second kappa shape index (κ2) is 7.53. The van der Waals surface area contributed by atoms with Gasteiger partial charge in [0, 0.05) is 11.1 Å². The fraction of sp³-hybridized carbons (Fsp3) is 0.0952. The van der Waals surface area contributed by atoms with Gasteiger partial charge in [-0.05, 0) is 29.3 Å². The normalized spacial score (nSPS) is 10.3. The molecule has 0 saturated heterocycles. The number of carbonyl (C=O) groups excluding carboxylic acids is 1. The summed E-state index contributed by atoms with van der Waals surface area (Å²) in [4.78, 5) is 11.5. The van der Waals surface area contributed by atoms with Gasteiger partial charge in [0.2, 0.25) is 0 Å². The molecule has 0 heterocycles. The zero-order valence-corrected chi connectivity index (χ0v) is 13.8. The molecule has 0 aliphatic rings. The number of aromatic hydroxyl groups is 1. The van der Waals surface area contributed by atoms with Crippen molar-refractivity contribution in [3.63, 3.8) is 0 Å². The van der Waals surface area contributed by atoms with E-state index in [0.29, 0.717) is 23.5 Å². The third kappa shape index (κ3) is 3.63. The maximum absolute atomic E-state index is 11.5. The molecule has 0 aliphatic carbocycles. The Morgan fingerprint density at radius 1 is 0.920 bits per heavy atom. The molecule has 4 nitrogen and oxygen atoms in total. The summed E-state index contributed by atoms with van der Waals surface area (Å²) in [5.74, 6) is 0.869. The Hall–Kier alpha value is -3.27. The van der Waals surface area contributed by atoms with Crippen LogP contribution >= 0.6 is 0 Å². The van der Waals surface area contributed by atoms with E-state index in [1.54, 1.807) is 0 Å². The van der Waals surface area contributed by atoms with Crippen LogP contribution in [0.1, 0.15) is 15.9 Å². The fourth-order valence-corrected chi connectivity index (χ4v) is 2.63. The maximum atomic E-state index is 11.5. The SMILES string of the molecule is COc1cc(C=O)c(-c2ccccc2OCc2ccccc2)cc1O. The van der Waals surface area contributed by atoms with Gasteiger partial charge < -0.3 is 14.6 Å². The zero-order valence-electron chi connectivity index (χ0n) is 13.8. The molecule has 25 heavy (non-hydrogen) atoms. The molecule has 0 fully saturated rings. The number of methoxy groups -OCH3 is 1. The predicted molar refractivity (Wildman–Crippen MR) is 96.3 cm³/mol. The molecule has 3 aromatic rings. The van der Waals surface area contributed by atoms with Crippen LogP contribution in [-0.2, 0) is 6.61 Å². The molecule has 0 aliphatic heterocycles. The van der Waals surface area contributed by atoms with Crippen LogP contribution in [0.2, 0.25) is 0 Å². The molecule has 126 valence electrons. The van der Waals surface area contributed by atoms with Crippen molar-refractivity contribution in [2.45, 2.75) is 6.61 Å². The van der Waals surface area contributed by atoms with Crippen LogP contribution in [0.25, 0.3) is 11.1 Å². The number of rotatable bonds is 6. The highest BCUT2D eigenvalue weighted by Crippen LogP contribution is 2.38. The van der Waals surface area contributed by atoms with Crippen molar-refractivity contribution in [2.24, 2.45) is 0 Å². The molecule has 0 radical (unpaired) electrons.